The molecule has 66 valence electrons. The maximum Gasteiger partial charge on any atom is 0.141 e. The van der Waals surface area contributed by atoms with Crippen molar-refractivity contribution in [1.29, 1.82) is 5.26 Å². The smallest absolute Gasteiger partial charge is 0.141 e. The molecule has 0 bridgehead atoms. The maximum atomic E-state index is 10.6. The SMILES string of the molecule is CCc1ccccc1C(C#N)C=O. The summed E-state index contributed by atoms with van der Waals surface area (Å²) >= 11 is 0. The summed E-state index contributed by atoms with van der Waals surface area (Å²) in [6, 6.07) is 9.52. The van der Waals surface area contributed by atoms with Crippen molar-refractivity contribution in [1.82, 2.24) is 0 Å². The van der Waals surface area contributed by atoms with Crippen molar-refractivity contribution in [2.75, 3.05) is 0 Å². The van der Waals surface area contributed by atoms with E-state index in [1.165, 1.54) is 0 Å². The van der Waals surface area contributed by atoms with Crippen molar-refractivity contribution < 1.29 is 4.79 Å². The Morgan fingerprint density at radius 2 is 2.23 bits per heavy atom. The second-order valence-electron chi connectivity index (χ2n) is 2.80. The van der Waals surface area contributed by atoms with Crippen LogP contribution in [0.15, 0.2) is 24.3 Å². The lowest BCUT2D eigenvalue weighted by molar-refractivity contribution is -0.108. The maximum absolute atomic E-state index is 10.6. The van der Waals surface area contributed by atoms with E-state index in [2.05, 4.69) is 0 Å². The molecule has 0 heterocycles. The predicted octanol–water partition coefficient (Wildman–Crippen LogP) is 2.06. The summed E-state index contributed by atoms with van der Waals surface area (Å²) in [7, 11) is 0. The lowest BCUT2D eigenvalue weighted by Gasteiger charge is -2.07. The Balaban J connectivity index is 3.12. The average molecular weight is 173 g/mol. The predicted molar refractivity (Wildman–Crippen MR) is 50.2 cm³/mol. The topological polar surface area (TPSA) is 40.9 Å². The number of nitriles is 1. The fourth-order valence-corrected chi connectivity index (χ4v) is 1.33. The molecule has 0 N–H and O–H groups in total. The van der Waals surface area contributed by atoms with Crippen molar-refractivity contribution in [3.8, 4) is 6.07 Å². The molecule has 13 heavy (non-hydrogen) atoms. The van der Waals surface area contributed by atoms with E-state index in [-0.39, 0.29) is 0 Å². The van der Waals surface area contributed by atoms with Gasteiger partial charge in [0.15, 0.2) is 0 Å². The summed E-state index contributed by atoms with van der Waals surface area (Å²) in [6.45, 7) is 2.01. The summed E-state index contributed by atoms with van der Waals surface area (Å²) in [4.78, 5) is 10.6. The van der Waals surface area contributed by atoms with E-state index in [0.29, 0.717) is 6.29 Å². The van der Waals surface area contributed by atoms with Gasteiger partial charge in [0.1, 0.15) is 12.2 Å². The Hall–Kier alpha value is -1.62. The summed E-state index contributed by atoms with van der Waals surface area (Å²) in [5.74, 6) is -0.615. The largest absolute Gasteiger partial charge is 0.302 e. The Bertz CT molecular complexity index is 338. The molecule has 1 rings (SSSR count). The van der Waals surface area contributed by atoms with E-state index in [0.717, 1.165) is 17.5 Å². The van der Waals surface area contributed by atoms with Gasteiger partial charge in [-0.25, -0.2) is 0 Å². The van der Waals surface area contributed by atoms with E-state index in [1.54, 1.807) is 0 Å². The van der Waals surface area contributed by atoms with Gasteiger partial charge in [-0.2, -0.15) is 5.26 Å². The van der Waals surface area contributed by atoms with Gasteiger partial charge in [-0.05, 0) is 17.5 Å². The van der Waals surface area contributed by atoms with Gasteiger partial charge in [-0.15, -0.1) is 0 Å². The molecule has 0 aliphatic carbocycles. The minimum atomic E-state index is -0.615. The highest BCUT2D eigenvalue weighted by atomic mass is 16.1. The molecule has 1 atom stereocenters. The molecule has 0 spiro atoms. The van der Waals surface area contributed by atoms with E-state index in [1.807, 2.05) is 37.3 Å². The van der Waals surface area contributed by atoms with Crippen LogP contribution in [-0.4, -0.2) is 6.29 Å². The Kier molecular flexibility index (Phi) is 3.22. The monoisotopic (exact) mass is 173 g/mol. The molecule has 0 radical (unpaired) electrons. The Labute approximate surface area is 77.8 Å². The van der Waals surface area contributed by atoms with Crippen LogP contribution in [0.2, 0.25) is 0 Å². The summed E-state index contributed by atoms with van der Waals surface area (Å²) in [5, 5.41) is 8.72. The van der Waals surface area contributed by atoms with Gasteiger partial charge < -0.3 is 4.79 Å². The molecule has 1 aromatic rings. The summed E-state index contributed by atoms with van der Waals surface area (Å²) in [6.07, 6.45) is 1.54. The van der Waals surface area contributed by atoms with Crippen LogP contribution in [0.1, 0.15) is 24.0 Å². The zero-order valence-corrected chi connectivity index (χ0v) is 7.53. The third-order valence-corrected chi connectivity index (χ3v) is 2.05. The van der Waals surface area contributed by atoms with Gasteiger partial charge in [-0.3, -0.25) is 0 Å². The fourth-order valence-electron chi connectivity index (χ4n) is 1.33. The first kappa shape index (κ1) is 9.47. The van der Waals surface area contributed by atoms with Crippen LogP contribution in [-0.2, 0) is 11.2 Å². The van der Waals surface area contributed by atoms with Crippen LogP contribution < -0.4 is 0 Å². The molecular formula is C11H11NO. The van der Waals surface area contributed by atoms with Gasteiger partial charge in [0.25, 0.3) is 0 Å². The highest BCUT2D eigenvalue weighted by Crippen LogP contribution is 2.18. The van der Waals surface area contributed by atoms with Crippen LogP contribution in [0, 0.1) is 11.3 Å². The minimum Gasteiger partial charge on any atom is -0.302 e. The first-order valence-electron chi connectivity index (χ1n) is 4.26. The number of hydrogen-bond donors (Lipinski definition) is 0. The molecule has 1 unspecified atom stereocenters. The molecule has 0 saturated heterocycles. The van der Waals surface area contributed by atoms with Crippen LogP contribution in [0.25, 0.3) is 0 Å². The van der Waals surface area contributed by atoms with Crippen LogP contribution >= 0.6 is 0 Å². The van der Waals surface area contributed by atoms with Crippen molar-refractivity contribution >= 4 is 6.29 Å². The molecule has 0 aliphatic heterocycles. The molecule has 0 amide bonds. The van der Waals surface area contributed by atoms with Crippen molar-refractivity contribution in [3.63, 3.8) is 0 Å². The third-order valence-electron chi connectivity index (χ3n) is 2.05. The second kappa shape index (κ2) is 4.42. The highest BCUT2D eigenvalue weighted by Gasteiger charge is 2.11. The quantitative estimate of drug-likeness (QED) is 0.656. The van der Waals surface area contributed by atoms with Gasteiger partial charge in [0.2, 0.25) is 0 Å². The number of carbonyl (C=O) groups excluding carboxylic acids is 1. The van der Waals surface area contributed by atoms with Crippen LogP contribution in [0.4, 0.5) is 0 Å². The van der Waals surface area contributed by atoms with E-state index >= 15 is 0 Å². The van der Waals surface area contributed by atoms with Gasteiger partial charge in [0, 0.05) is 0 Å². The number of aldehydes is 1. The average Bonchev–Trinajstić information content (AvgIpc) is 2.20. The van der Waals surface area contributed by atoms with Crippen LogP contribution in [0.5, 0.6) is 0 Å². The normalized spacial score (nSPS) is 11.7. The lowest BCUT2D eigenvalue weighted by atomic mass is 9.95. The molecular weight excluding hydrogens is 162 g/mol. The molecule has 0 aromatic heterocycles. The number of carbonyl (C=O) groups is 1. The molecule has 0 aliphatic rings. The standard InChI is InChI=1S/C11H11NO/c1-2-9-5-3-4-6-11(9)10(7-12)8-13/h3-6,8,10H,2H2,1H3. The Morgan fingerprint density at radius 1 is 1.54 bits per heavy atom. The first-order chi connectivity index (χ1) is 6.33. The molecule has 0 fully saturated rings. The molecule has 0 saturated carbocycles. The van der Waals surface area contributed by atoms with Crippen molar-refractivity contribution in [2.45, 2.75) is 19.3 Å². The van der Waals surface area contributed by atoms with E-state index < -0.39 is 5.92 Å². The number of nitrogens with zero attached hydrogens (tertiary/aromatic N) is 1. The third kappa shape index (κ3) is 1.94. The lowest BCUT2D eigenvalue weighted by Crippen LogP contribution is -2.00. The van der Waals surface area contributed by atoms with Gasteiger partial charge >= 0.3 is 0 Å². The number of aryl methyl sites for hydroxylation is 1. The number of rotatable bonds is 3. The summed E-state index contributed by atoms with van der Waals surface area (Å²) < 4.78 is 0. The zero-order valence-electron chi connectivity index (χ0n) is 7.53. The Morgan fingerprint density at radius 3 is 2.77 bits per heavy atom. The minimum absolute atomic E-state index is 0.615. The van der Waals surface area contributed by atoms with Gasteiger partial charge in [-0.1, -0.05) is 31.2 Å². The first-order valence-corrected chi connectivity index (χ1v) is 4.26. The van der Waals surface area contributed by atoms with Gasteiger partial charge in [0.05, 0.1) is 6.07 Å². The van der Waals surface area contributed by atoms with Crippen LogP contribution in [0.3, 0.4) is 0 Å². The van der Waals surface area contributed by atoms with E-state index in [9.17, 15) is 4.79 Å². The molecule has 2 nitrogen and oxygen atoms in total. The fraction of sp³-hybridized carbons (Fsp3) is 0.273. The molecule has 1 aromatic carbocycles. The van der Waals surface area contributed by atoms with Crippen molar-refractivity contribution in [2.24, 2.45) is 0 Å². The van der Waals surface area contributed by atoms with Crippen molar-refractivity contribution in [3.05, 3.63) is 35.4 Å². The van der Waals surface area contributed by atoms with E-state index in [4.69, 9.17) is 5.26 Å². The number of hydrogen-bond acceptors (Lipinski definition) is 2. The summed E-state index contributed by atoms with van der Waals surface area (Å²) in [5.41, 5.74) is 1.91. The number of benzene rings is 1. The zero-order chi connectivity index (χ0) is 9.68. The molecule has 2 heteroatoms. The second-order valence-corrected chi connectivity index (χ2v) is 2.80. The highest BCUT2D eigenvalue weighted by molar-refractivity contribution is 5.67.